The highest BCUT2D eigenvalue weighted by atomic mass is 79.9. The molecule has 3 aliphatic carbocycles. The zero-order valence-electron chi connectivity index (χ0n) is 16.7. The molecule has 3 fully saturated rings. The number of hydrogen-bond acceptors (Lipinski definition) is 0. The summed E-state index contributed by atoms with van der Waals surface area (Å²) in [6.45, 7) is 10.8. The topological polar surface area (TPSA) is 0 Å². The lowest BCUT2D eigenvalue weighted by molar-refractivity contribution is 0.227. The monoisotopic (exact) mass is 418 g/mol. The molecule has 0 spiro atoms. The van der Waals surface area contributed by atoms with Gasteiger partial charge in [-0.25, -0.2) is 0 Å². The van der Waals surface area contributed by atoms with Crippen molar-refractivity contribution in [1.82, 2.24) is 0 Å². The summed E-state index contributed by atoms with van der Waals surface area (Å²) in [7, 11) is 0. The van der Waals surface area contributed by atoms with Crippen molar-refractivity contribution < 1.29 is 0 Å². The Labute approximate surface area is 172 Å². The summed E-state index contributed by atoms with van der Waals surface area (Å²) in [4.78, 5) is 0. The van der Waals surface area contributed by atoms with Gasteiger partial charge in [-0.2, -0.15) is 0 Å². The van der Waals surface area contributed by atoms with Gasteiger partial charge in [0.25, 0.3) is 0 Å². The lowest BCUT2D eigenvalue weighted by atomic mass is 9.11. The smallest absolute Gasteiger partial charge is 0.0815 e. The van der Waals surface area contributed by atoms with E-state index in [9.17, 15) is 0 Å². The maximum absolute atomic E-state index is 3.89. The average Bonchev–Trinajstić information content (AvgIpc) is 2.63. The van der Waals surface area contributed by atoms with E-state index in [1.54, 1.807) is 16.7 Å². The van der Waals surface area contributed by atoms with Crippen LogP contribution in [0.5, 0.6) is 0 Å². The van der Waals surface area contributed by atoms with Gasteiger partial charge in [-0.3, -0.25) is 0 Å². The molecule has 3 aliphatic heterocycles. The molecule has 0 amide bonds. The zero-order valence-corrected chi connectivity index (χ0v) is 18.3. The molecule has 0 nitrogen and oxygen atoms in total. The molecule has 6 rings (SSSR count). The highest BCUT2D eigenvalue weighted by Gasteiger charge is 2.65. The predicted octanol–water partition coefficient (Wildman–Crippen LogP) is 7.13. The fourth-order valence-corrected chi connectivity index (χ4v) is 8.57. The number of halogens is 1. The Morgan fingerprint density at radius 3 is 2.22 bits per heavy atom. The molecule has 3 heterocycles. The first-order valence-electron chi connectivity index (χ1n) is 10.7. The molecule has 138 valence electrons. The second-order valence-electron chi connectivity index (χ2n) is 10.8. The fraction of sp³-hybridized carbons (Fsp3) is 0.520. The first-order valence-corrected chi connectivity index (χ1v) is 11.5. The van der Waals surface area contributed by atoms with E-state index < -0.39 is 0 Å². The van der Waals surface area contributed by atoms with Gasteiger partial charge in [-0.1, -0.05) is 103 Å². The van der Waals surface area contributed by atoms with E-state index in [1.165, 1.54) is 10.9 Å². The molecule has 0 saturated carbocycles. The molecule has 27 heavy (non-hydrogen) atoms. The summed E-state index contributed by atoms with van der Waals surface area (Å²) < 4.78 is 1.29. The van der Waals surface area contributed by atoms with E-state index in [2.05, 4.69) is 92.2 Å². The van der Waals surface area contributed by atoms with E-state index in [0.717, 1.165) is 30.2 Å². The van der Waals surface area contributed by atoms with Gasteiger partial charge in [-0.15, -0.1) is 0 Å². The summed E-state index contributed by atoms with van der Waals surface area (Å²) in [5.41, 5.74) is 5.50. The van der Waals surface area contributed by atoms with Gasteiger partial charge in [0.2, 0.25) is 0 Å². The standard InChI is InChI=1S/C25H28BBr/c1-24(2)17-9-5-7-14-11-15-8-6-10-18-22(15)26(21(14)17)23-19(24)12-16(27)13-20(23)25(18,3)4/h5-10,12-15,19,21-23H,11H2,1-4H3. The van der Waals surface area contributed by atoms with Crippen molar-refractivity contribution in [2.75, 3.05) is 0 Å². The van der Waals surface area contributed by atoms with Gasteiger partial charge >= 0.3 is 0 Å². The predicted molar refractivity (Wildman–Crippen MR) is 119 cm³/mol. The second kappa shape index (κ2) is 5.12. The number of hydrogen-bond donors (Lipinski definition) is 0. The molecule has 2 heteroatoms. The van der Waals surface area contributed by atoms with E-state index in [0.29, 0.717) is 11.7 Å². The SMILES string of the molecule is CC1(C)C2=CC=CC3CC4C=CC=C5C4B(C23)C2C1=CC(Br)=CC2C5(C)C. The summed E-state index contributed by atoms with van der Waals surface area (Å²) in [6, 6.07) is 0. The van der Waals surface area contributed by atoms with Crippen molar-refractivity contribution in [1.29, 1.82) is 0 Å². The van der Waals surface area contributed by atoms with Crippen LogP contribution in [-0.2, 0) is 0 Å². The Morgan fingerprint density at radius 1 is 0.889 bits per heavy atom. The van der Waals surface area contributed by atoms with Crippen molar-refractivity contribution in [3.63, 3.8) is 0 Å². The zero-order chi connectivity index (χ0) is 18.7. The van der Waals surface area contributed by atoms with Crippen LogP contribution in [0.4, 0.5) is 0 Å². The molecule has 0 bridgehead atoms. The van der Waals surface area contributed by atoms with Crippen LogP contribution >= 0.6 is 15.9 Å². The van der Waals surface area contributed by atoms with Crippen LogP contribution in [0.3, 0.4) is 0 Å². The molecule has 3 saturated heterocycles. The van der Waals surface area contributed by atoms with Crippen molar-refractivity contribution >= 4 is 22.6 Å². The van der Waals surface area contributed by atoms with Gasteiger partial charge in [0.1, 0.15) is 0 Å². The van der Waals surface area contributed by atoms with Crippen LogP contribution in [0, 0.1) is 28.6 Å². The Balaban J connectivity index is 1.66. The maximum Gasteiger partial charge on any atom is 0.165 e. The van der Waals surface area contributed by atoms with Crippen LogP contribution in [0.25, 0.3) is 0 Å². The van der Waals surface area contributed by atoms with Crippen LogP contribution in [0.2, 0.25) is 17.5 Å². The molecular formula is C25H28BBr. The maximum atomic E-state index is 3.89. The average molecular weight is 419 g/mol. The molecule has 0 aromatic carbocycles. The van der Waals surface area contributed by atoms with E-state index >= 15 is 0 Å². The van der Waals surface area contributed by atoms with Crippen molar-refractivity contribution in [3.8, 4) is 0 Å². The summed E-state index contributed by atoms with van der Waals surface area (Å²) in [5, 5.41) is 0. The highest BCUT2D eigenvalue weighted by molar-refractivity contribution is 9.11. The van der Waals surface area contributed by atoms with Crippen molar-refractivity contribution in [2.45, 2.75) is 51.6 Å². The van der Waals surface area contributed by atoms with Crippen LogP contribution in [0.1, 0.15) is 34.1 Å². The van der Waals surface area contributed by atoms with E-state index in [4.69, 9.17) is 0 Å². The molecule has 6 atom stereocenters. The van der Waals surface area contributed by atoms with Gasteiger partial charge in [-0.05, 0) is 53.1 Å². The Bertz CT molecular complexity index is 916. The summed E-state index contributed by atoms with van der Waals surface area (Å²) in [5.74, 6) is 4.18. The largest absolute Gasteiger partial charge is 0.165 e. The minimum atomic E-state index is 0.162. The van der Waals surface area contributed by atoms with Crippen LogP contribution < -0.4 is 0 Å². The normalized spacial score (nSPS) is 44.0. The molecule has 0 aromatic rings. The Kier molecular flexibility index (Phi) is 3.20. The number of allylic oxidation sites excluding steroid dienone is 12. The van der Waals surface area contributed by atoms with E-state index in [1.807, 2.05) is 0 Å². The van der Waals surface area contributed by atoms with Crippen molar-refractivity contribution in [2.24, 2.45) is 28.6 Å². The molecule has 0 aromatic heterocycles. The van der Waals surface area contributed by atoms with Crippen LogP contribution in [0.15, 0.2) is 69.8 Å². The first kappa shape index (κ1) is 16.9. The first-order chi connectivity index (χ1) is 12.8. The quantitative estimate of drug-likeness (QED) is 0.367. The van der Waals surface area contributed by atoms with Gasteiger partial charge in [0, 0.05) is 9.90 Å². The Morgan fingerprint density at radius 2 is 1.52 bits per heavy atom. The summed E-state index contributed by atoms with van der Waals surface area (Å²) >= 11 is 3.89. The highest BCUT2D eigenvalue weighted by Crippen LogP contribution is 2.74. The van der Waals surface area contributed by atoms with Crippen molar-refractivity contribution in [3.05, 3.63) is 69.8 Å². The minimum absolute atomic E-state index is 0.162. The fourth-order valence-electron chi connectivity index (χ4n) is 8.04. The second-order valence-corrected chi connectivity index (χ2v) is 11.7. The summed E-state index contributed by atoms with van der Waals surface area (Å²) in [6.07, 6.45) is 21.1. The third kappa shape index (κ3) is 1.92. The lowest BCUT2D eigenvalue weighted by Gasteiger charge is -2.66. The Hall–Kier alpha value is -1.02. The molecule has 6 aliphatic rings. The molecular weight excluding hydrogens is 391 g/mol. The van der Waals surface area contributed by atoms with Gasteiger partial charge < -0.3 is 0 Å². The third-order valence-corrected chi connectivity index (χ3v) is 9.59. The lowest BCUT2D eigenvalue weighted by Crippen LogP contribution is -2.60. The van der Waals surface area contributed by atoms with E-state index in [-0.39, 0.29) is 10.8 Å². The molecule has 0 N–H and O–H groups in total. The minimum Gasteiger partial charge on any atom is -0.0815 e. The van der Waals surface area contributed by atoms with Gasteiger partial charge in [0.05, 0.1) is 0 Å². The molecule has 0 radical (unpaired) electrons. The molecule has 6 unspecified atom stereocenters. The van der Waals surface area contributed by atoms with Gasteiger partial charge in [0.15, 0.2) is 6.71 Å². The van der Waals surface area contributed by atoms with Crippen LogP contribution in [-0.4, -0.2) is 6.71 Å². The number of rotatable bonds is 0. The third-order valence-electron chi connectivity index (χ3n) is 9.10.